The molecular formula is C15H16ClN. The zero-order chi connectivity index (χ0) is 12.3. The fourth-order valence-electron chi connectivity index (χ4n) is 1.93. The number of pyridine rings is 1. The summed E-state index contributed by atoms with van der Waals surface area (Å²) in [5, 5.41) is 0.0253. The lowest BCUT2D eigenvalue weighted by Gasteiger charge is -2.13. The Morgan fingerprint density at radius 1 is 1.12 bits per heavy atom. The minimum absolute atomic E-state index is 0.0253. The number of aryl methyl sites for hydroxylation is 2. The number of alkyl halides is 1. The molecule has 0 spiro atoms. The summed E-state index contributed by atoms with van der Waals surface area (Å²) in [5.41, 5.74) is 4.96. The molecule has 1 atom stereocenters. The van der Waals surface area contributed by atoms with E-state index in [0.717, 1.165) is 6.42 Å². The standard InChI is InChI=1S/C15H16ClN/c1-11-3-4-12(2)14(9-11)15(16)10-13-5-7-17-8-6-13/h3-9,15H,10H2,1-2H3. The highest BCUT2D eigenvalue weighted by atomic mass is 35.5. The number of nitrogens with zero attached hydrogens (tertiary/aromatic N) is 1. The first-order valence-electron chi connectivity index (χ1n) is 5.77. The third-order valence-electron chi connectivity index (χ3n) is 2.94. The van der Waals surface area contributed by atoms with Crippen molar-refractivity contribution >= 4 is 11.6 Å². The Kier molecular flexibility index (Phi) is 3.80. The molecule has 2 aromatic rings. The lowest BCUT2D eigenvalue weighted by Crippen LogP contribution is -1.99. The molecule has 2 rings (SSSR count). The number of hydrogen-bond donors (Lipinski definition) is 0. The first-order chi connectivity index (χ1) is 8.16. The molecule has 1 aromatic heterocycles. The highest BCUT2D eigenvalue weighted by Crippen LogP contribution is 2.28. The SMILES string of the molecule is Cc1ccc(C)c(C(Cl)Cc2ccncc2)c1. The van der Waals surface area contributed by atoms with E-state index in [1.165, 1.54) is 22.3 Å². The van der Waals surface area contributed by atoms with Gasteiger partial charge in [0.2, 0.25) is 0 Å². The van der Waals surface area contributed by atoms with Gasteiger partial charge in [0.25, 0.3) is 0 Å². The molecule has 2 heteroatoms. The Labute approximate surface area is 107 Å². The van der Waals surface area contributed by atoms with Gasteiger partial charge in [-0.3, -0.25) is 4.98 Å². The molecule has 0 N–H and O–H groups in total. The Morgan fingerprint density at radius 3 is 2.53 bits per heavy atom. The number of halogens is 1. The van der Waals surface area contributed by atoms with Gasteiger partial charge in [-0.2, -0.15) is 0 Å². The van der Waals surface area contributed by atoms with Gasteiger partial charge in [0.1, 0.15) is 0 Å². The molecule has 0 bridgehead atoms. The van der Waals surface area contributed by atoms with Crippen molar-refractivity contribution in [1.29, 1.82) is 0 Å². The predicted octanol–water partition coefficient (Wildman–Crippen LogP) is 4.22. The summed E-state index contributed by atoms with van der Waals surface area (Å²) in [4.78, 5) is 4.01. The number of rotatable bonds is 3. The lowest BCUT2D eigenvalue weighted by atomic mass is 9.99. The average molecular weight is 246 g/mol. The summed E-state index contributed by atoms with van der Waals surface area (Å²) in [6.07, 6.45) is 4.46. The van der Waals surface area contributed by atoms with Crippen molar-refractivity contribution in [2.24, 2.45) is 0 Å². The van der Waals surface area contributed by atoms with Crippen molar-refractivity contribution < 1.29 is 0 Å². The molecule has 0 aliphatic rings. The molecule has 0 saturated heterocycles. The maximum Gasteiger partial charge on any atom is 0.0628 e. The van der Waals surface area contributed by atoms with Gasteiger partial charge in [-0.1, -0.05) is 23.8 Å². The van der Waals surface area contributed by atoms with Gasteiger partial charge in [0.05, 0.1) is 5.38 Å². The molecule has 1 unspecified atom stereocenters. The normalized spacial score (nSPS) is 12.4. The zero-order valence-electron chi connectivity index (χ0n) is 10.2. The molecule has 0 amide bonds. The maximum atomic E-state index is 6.50. The quantitative estimate of drug-likeness (QED) is 0.738. The third kappa shape index (κ3) is 3.07. The number of aromatic nitrogens is 1. The van der Waals surface area contributed by atoms with Crippen molar-refractivity contribution in [1.82, 2.24) is 4.98 Å². The molecule has 0 saturated carbocycles. The van der Waals surface area contributed by atoms with Crippen LogP contribution in [-0.4, -0.2) is 4.98 Å². The van der Waals surface area contributed by atoms with Crippen molar-refractivity contribution in [3.63, 3.8) is 0 Å². The van der Waals surface area contributed by atoms with Gasteiger partial charge in [-0.05, 0) is 49.1 Å². The Bertz CT molecular complexity index is 494. The topological polar surface area (TPSA) is 12.9 Å². The second-order valence-corrected chi connectivity index (χ2v) is 4.91. The van der Waals surface area contributed by atoms with E-state index in [-0.39, 0.29) is 5.38 Å². The minimum Gasteiger partial charge on any atom is -0.265 e. The van der Waals surface area contributed by atoms with Crippen LogP contribution in [0.15, 0.2) is 42.7 Å². The summed E-state index contributed by atoms with van der Waals surface area (Å²) in [6, 6.07) is 10.5. The van der Waals surface area contributed by atoms with Crippen LogP contribution in [0.2, 0.25) is 0 Å². The number of benzene rings is 1. The van der Waals surface area contributed by atoms with E-state index < -0.39 is 0 Å². The predicted molar refractivity (Wildman–Crippen MR) is 72.5 cm³/mol. The van der Waals surface area contributed by atoms with E-state index in [2.05, 4.69) is 37.0 Å². The Hall–Kier alpha value is -1.34. The molecule has 17 heavy (non-hydrogen) atoms. The highest BCUT2D eigenvalue weighted by molar-refractivity contribution is 6.21. The molecule has 0 aliphatic carbocycles. The molecule has 0 fully saturated rings. The Morgan fingerprint density at radius 2 is 1.82 bits per heavy atom. The maximum absolute atomic E-state index is 6.50. The second-order valence-electron chi connectivity index (χ2n) is 4.39. The van der Waals surface area contributed by atoms with Crippen LogP contribution in [0.4, 0.5) is 0 Å². The van der Waals surface area contributed by atoms with Gasteiger partial charge in [-0.25, -0.2) is 0 Å². The molecule has 1 heterocycles. The first kappa shape index (κ1) is 12.1. The second kappa shape index (κ2) is 5.33. The van der Waals surface area contributed by atoms with E-state index in [4.69, 9.17) is 11.6 Å². The third-order valence-corrected chi connectivity index (χ3v) is 3.33. The summed E-state index contributed by atoms with van der Waals surface area (Å²) in [7, 11) is 0. The minimum atomic E-state index is 0.0253. The van der Waals surface area contributed by atoms with Gasteiger partial charge in [-0.15, -0.1) is 11.6 Å². The summed E-state index contributed by atoms with van der Waals surface area (Å²) < 4.78 is 0. The van der Waals surface area contributed by atoms with Crippen molar-refractivity contribution in [2.75, 3.05) is 0 Å². The van der Waals surface area contributed by atoms with Crippen molar-refractivity contribution in [3.8, 4) is 0 Å². The van der Waals surface area contributed by atoms with Crippen LogP contribution in [0, 0.1) is 13.8 Å². The van der Waals surface area contributed by atoms with Gasteiger partial charge in [0, 0.05) is 12.4 Å². The molecule has 1 aromatic carbocycles. The first-order valence-corrected chi connectivity index (χ1v) is 6.20. The van der Waals surface area contributed by atoms with Crippen LogP contribution in [-0.2, 0) is 6.42 Å². The fraction of sp³-hybridized carbons (Fsp3) is 0.267. The number of hydrogen-bond acceptors (Lipinski definition) is 1. The van der Waals surface area contributed by atoms with Crippen LogP contribution in [0.3, 0.4) is 0 Å². The van der Waals surface area contributed by atoms with E-state index >= 15 is 0 Å². The van der Waals surface area contributed by atoms with E-state index in [0.29, 0.717) is 0 Å². The largest absolute Gasteiger partial charge is 0.265 e. The molecule has 0 aliphatic heterocycles. The van der Waals surface area contributed by atoms with Crippen molar-refractivity contribution in [3.05, 3.63) is 65.0 Å². The lowest BCUT2D eigenvalue weighted by molar-refractivity contribution is 0.905. The molecule has 88 valence electrons. The summed E-state index contributed by atoms with van der Waals surface area (Å²) in [5.74, 6) is 0. The van der Waals surface area contributed by atoms with Gasteiger partial charge < -0.3 is 0 Å². The van der Waals surface area contributed by atoms with Gasteiger partial charge >= 0.3 is 0 Å². The van der Waals surface area contributed by atoms with Crippen LogP contribution in [0.5, 0.6) is 0 Å². The van der Waals surface area contributed by atoms with Gasteiger partial charge in [0.15, 0.2) is 0 Å². The smallest absolute Gasteiger partial charge is 0.0628 e. The van der Waals surface area contributed by atoms with Crippen LogP contribution >= 0.6 is 11.6 Å². The average Bonchev–Trinajstić information content (AvgIpc) is 2.33. The van der Waals surface area contributed by atoms with Crippen LogP contribution < -0.4 is 0 Å². The highest BCUT2D eigenvalue weighted by Gasteiger charge is 2.11. The molecular weight excluding hydrogens is 230 g/mol. The van der Waals surface area contributed by atoms with Crippen LogP contribution in [0.25, 0.3) is 0 Å². The summed E-state index contributed by atoms with van der Waals surface area (Å²) >= 11 is 6.50. The monoisotopic (exact) mass is 245 g/mol. The van der Waals surface area contributed by atoms with E-state index in [9.17, 15) is 0 Å². The van der Waals surface area contributed by atoms with E-state index in [1.54, 1.807) is 0 Å². The van der Waals surface area contributed by atoms with Crippen molar-refractivity contribution in [2.45, 2.75) is 25.6 Å². The Balaban J connectivity index is 2.20. The zero-order valence-corrected chi connectivity index (χ0v) is 10.9. The van der Waals surface area contributed by atoms with Crippen LogP contribution in [0.1, 0.15) is 27.6 Å². The molecule has 0 radical (unpaired) electrons. The molecule has 1 nitrogen and oxygen atoms in total. The van der Waals surface area contributed by atoms with E-state index in [1.807, 2.05) is 24.5 Å². The fourth-order valence-corrected chi connectivity index (χ4v) is 2.35. The summed E-state index contributed by atoms with van der Waals surface area (Å²) in [6.45, 7) is 4.20.